The molecule has 3 aromatic rings. The second-order valence-electron chi connectivity index (χ2n) is 14.6. The Morgan fingerprint density at radius 3 is 1.56 bits per heavy atom. The number of nitrogens with one attached hydrogen (secondary N) is 6. The van der Waals surface area contributed by atoms with Gasteiger partial charge in [0.2, 0.25) is 0 Å². The average molecular weight is 825 g/mol. The minimum absolute atomic E-state index is 0.0515. The van der Waals surface area contributed by atoms with Crippen LogP contribution in [0.3, 0.4) is 0 Å². The summed E-state index contributed by atoms with van der Waals surface area (Å²) in [5.41, 5.74) is 5.29. The molecule has 0 saturated heterocycles. The molecule has 0 spiro atoms. The second-order valence-corrected chi connectivity index (χ2v) is 14.6. The van der Waals surface area contributed by atoms with Crippen LogP contribution in [0.15, 0.2) is 66.7 Å². The van der Waals surface area contributed by atoms with Gasteiger partial charge in [-0.05, 0) is 96.5 Å². The van der Waals surface area contributed by atoms with Gasteiger partial charge in [0.15, 0.2) is 0 Å². The average Bonchev–Trinajstić information content (AvgIpc) is 3.19. The van der Waals surface area contributed by atoms with E-state index in [1.807, 2.05) is 31.2 Å². The number of rotatable bonds is 9. The van der Waals surface area contributed by atoms with Gasteiger partial charge >= 0.3 is 36.6 Å². The summed E-state index contributed by atoms with van der Waals surface area (Å²) in [7, 11) is 6.58. The van der Waals surface area contributed by atoms with Crippen LogP contribution in [0.1, 0.15) is 56.7 Å². The Bertz CT molecular complexity index is 1870. The highest BCUT2D eigenvalue weighted by atomic mass is 16.6. The number of ether oxygens (including phenoxy) is 5. The third-order valence-electron chi connectivity index (χ3n) is 8.89. The third kappa shape index (κ3) is 18.4. The fraction of sp³-hybridized carbons (Fsp3) is 0.415. The zero-order chi connectivity index (χ0) is 44.2. The Hall–Kier alpha value is -6.72. The maximum absolute atomic E-state index is 11.4. The lowest BCUT2D eigenvalue weighted by Crippen LogP contribution is -2.50. The molecule has 1 saturated carbocycles. The maximum atomic E-state index is 11.4. The molecule has 3 aromatic carbocycles. The van der Waals surface area contributed by atoms with Crippen LogP contribution < -0.4 is 31.9 Å². The van der Waals surface area contributed by atoms with Crippen LogP contribution in [-0.2, 0) is 30.1 Å². The van der Waals surface area contributed by atoms with Crippen LogP contribution in [0.25, 0.3) is 0 Å². The number of amides is 6. The topological polar surface area (TPSA) is 241 Å². The number of hydrogen-bond donors (Lipinski definition) is 7. The molecule has 18 heteroatoms. The zero-order valence-electron chi connectivity index (χ0n) is 34.9. The van der Waals surface area contributed by atoms with Gasteiger partial charge in [0.1, 0.15) is 0 Å². The summed E-state index contributed by atoms with van der Waals surface area (Å²) in [5, 5.41) is 24.2. The van der Waals surface area contributed by atoms with Crippen LogP contribution >= 0.6 is 0 Å². The van der Waals surface area contributed by atoms with Gasteiger partial charge in [-0.15, -0.1) is 0 Å². The number of anilines is 4. The molecule has 1 fully saturated rings. The van der Waals surface area contributed by atoms with E-state index in [2.05, 4.69) is 76.4 Å². The molecular formula is C41H56N6O12. The largest absolute Gasteiger partial charge is 0.465 e. The van der Waals surface area contributed by atoms with Crippen molar-refractivity contribution in [1.29, 1.82) is 0 Å². The predicted molar refractivity (Wildman–Crippen MR) is 222 cm³/mol. The van der Waals surface area contributed by atoms with Crippen molar-refractivity contribution in [2.75, 3.05) is 63.4 Å². The number of alkyl carbamates (subject to hydrolysis) is 2. The van der Waals surface area contributed by atoms with E-state index in [4.69, 9.17) is 5.11 Å². The van der Waals surface area contributed by atoms with E-state index in [9.17, 15) is 28.8 Å². The van der Waals surface area contributed by atoms with Gasteiger partial charge in [0.25, 0.3) is 0 Å². The minimum atomic E-state index is -1.08. The summed E-state index contributed by atoms with van der Waals surface area (Å²) in [5.74, 6) is 0. The molecule has 1 aliphatic carbocycles. The van der Waals surface area contributed by atoms with Gasteiger partial charge < -0.3 is 39.4 Å². The minimum Gasteiger partial charge on any atom is -0.465 e. The first-order valence-electron chi connectivity index (χ1n) is 18.3. The highest BCUT2D eigenvalue weighted by Gasteiger charge is 2.42. The Balaban J connectivity index is 0.000000308. The number of benzene rings is 3. The highest BCUT2D eigenvalue weighted by molar-refractivity contribution is 5.89. The van der Waals surface area contributed by atoms with E-state index < -0.39 is 36.6 Å². The maximum Gasteiger partial charge on any atom is 0.411 e. The summed E-state index contributed by atoms with van der Waals surface area (Å²) in [6.07, 6.45) is -0.166. The van der Waals surface area contributed by atoms with Crippen molar-refractivity contribution in [3.8, 4) is 0 Å². The van der Waals surface area contributed by atoms with E-state index >= 15 is 0 Å². The quantitative estimate of drug-likeness (QED) is 0.101. The van der Waals surface area contributed by atoms with E-state index in [0.717, 1.165) is 36.0 Å². The molecule has 0 aromatic heterocycles. The molecule has 6 amide bonds. The third-order valence-corrected chi connectivity index (χ3v) is 8.89. The Morgan fingerprint density at radius 2 is 1.07 bits per heavy atom. The highest BCUT2D eigenvalue weighted by Crippen LogP contribution is 2.45. The van der Waals surface area contributed by atoms with Crippen molar-refractivity contribution < 1.29 is 57.6 Å². The van der Waals surface area contributed by atoms with Gasteiger partial charge in [-0.1, -0.05) is 51.1 Å². The van der Waals surface area contributed by atoms with Crippen molar-refractivity contribution in [1.82, 2.24) is 10.6 Å². The first-order valence-corrected chi connectivity index (χ1v) is 18.3. The second kappa shape index (κ2) is 23.5. The number of hydrogen-bond acceptors (Lipinski definition) is 11. The Morgan fingerprint density at radius 1 is 0.610 bits per heavy atom. The molecule has 4 rings (SSSR count). The van der Waals surface area contributed by atoms with Crippen molar-refractivity contribution in [3.63, 3.8) is 0 Å². The summed E-state index contributed by atoms with van der Waals surface area (Å²) in [6.45, 7) is 8.83. The fourth-order valence-electron chi connectivity index (χ4n) is 6.56. The first kappa shape index (κ1) is 48.4. The predicted octanol–water partition coefficient (Wildman–Crippen LogP) is 8.18. The van der Waals surface area contributed by atoms with Crippen molar-refractivity contribution >= 4 is 59.3 Å². The monoisotopic (exact) mass is 824 g/mol. The van der Waals surface area contributed by atoms with Gasteiger partial charge in [0, 0.05) is 35.3 Å². The standard InChI is InChI=1S/C16H16N2O4.C14H26N2O4.C11H14N2O4/c1-22-16(21)18-14-8-4-12(5-9-14)10-11-2-6-13(7-3-11)17-15(19)20;1-13(2)6-10(16-12(18)20-5)7-14(3,8-13)9-15-11(17)19-4;1-7-4-5-8(12-10(14)16-2)6-9(7)13-11(15)17-3/h2-9,17H,10H2,1H3,(H,18,21)(H,19,20);10H,6-9H2,1-5H3,(H,15,17)(H,16,18);4-6H,1-3H3,(H,12,14)(H,13,15). The molecule has 0 radical (unpaired) electrons. The zero-order valence-corrected chi connectivity index (χ0v) is 34.9. The van der Waals surface area contributed by atoms with Crippen LogP contribution in [0.4, 0.5) is 51.5 Å². The lowest BCUT2D eigenvalue weighted by Gasteiger charge is -2.46. The Kier molecular flexibility index (Phi) is 19.3. The van der Waals surface area contributed by atoms with Crippen molar-refractivity contribution in [2.45, 2.75) is 59.4 Å². The number of aryl methyl sites for hydroxylation is 1. The van der Waals surface area contributed by atoms with Gasteiger partial charge in [-0.2, -0.15) is 0 Å². The molecule has 2 atom stereocenters. The molecule has 2 unspecified atom stereocenters. The van der Waals surface area contributed by atoms with E-state index in [1.54, 1.807) is 42.5 Å². The fourth-order valence-corrected chi connectivity index (χ4v) is 6.56. The van der Waals surface area contributed by atoms with Crippen molar-refractivity contribution in [3.05, 3.63) is 83.4 Å². The normalized spacial score (nSPS) is 16.0. The van der Waals surface area contributed by atoms with Gasteiger partial charge in [0.05, 0.1) is 35.5 Å². The lowest BCUT2D eigenvalue weighted by molar-refractivity contribution is 0.0662. The molecule has 1 aliphatic rings. The van der Waals surface area contributed by atoms with Crippen molar-refractivity contribution in [2.24, 2.45) is 10.8 Å². The summed E-state index contributed by atoms with van der Waals surface area (Å²) < 4.78 is 22.7. The van der Waals surface area contributed by atoms with Crippen LogP contribution in [-0.4, -0.2) is 89.8 Å². The molecule has 18 nitrogen and oxygen atoms in total. The molecule has 0 aliphatic heterocycles. The molecule has 0 bridgehead atoms. The van der Waals surface area contributed by atoms with E-state index in [1.165, 1.54) is 35.5 Å². The summed E-state index contributed by atoms with van der Waals surface area (Å²) in [6, 6.07) is 19.7. The smallest absolute Gasteiger partial charge is 0.411 e. The molecule has 7 N–H and O–H groups in total. The van der Waals surface area contributed by atoms with Crippen LogP contribution in [0.2, 0.25) is 0 Å². The number of carbonyl (C=O) groups excluding carboxylic acids is 5. The number of methoxy groups -OCH3 is 5. The van der Waals surface area contributed by atoms with Crippen LogP contribution in [0.5, 0.6) is 0 Å². The summed E-state index contributed by atoms with van der Waals surface area (Å²) >= 11 is 0. The summed E-state index contributed by atoms with van der Waals surface area (Å²) in [4.78, 5) is 66.3. The first-order chi connectivity index (χ1) is 27.8. The molecular weight excluding hydrogens is 768 g/mol. The van der Waals surface area contributed by atoms with Gasteiger partial charge in [-0.3, -0.25) is 21.3 Å². The SMILES string of the molecule is COC(=O)NCC1(C)CC(NC(=O)OC)CC(C)(C)C1.COC(=O)Nc1ccc(C)c(NC(=O)OC)c1.COC(=O)Nc1ccc(Cc2ccc(NC(=O)O)cc2)cc1. The molecule has 0 heterocycles. The number of carbonyl (C=O) groups is 6. The van der Waals surface area contributed by atoms with E-state index in [0.29, 0.717) is 35.7 Å². The molecule has 322 valence electrons. The lowest BCUT2D eigenvalue weighted by atomic mass is 9.62. The Labute approximate surface area is 344 Å². The van der Waals surface area contributed by atoms with Crippen LogP contribution in [0, 0.1) is 17.8 Å². The molecule has 59 heavy (non-hydrogen) atoms. The van der Waals surface area contributed by atoms with E-state index in [-0.39, 0.29) is 16.9 Å². The van der Waals surface area contributed by atoms with Gasteiger partial charge in [-0.25, -0.2) is 28.8 Å². The number of carboxylic acid groups (broad SMARTS) is 1.